The van der Waals surface area contributed by atoms with Crippen molar-refractivity contribution in [1.29, 1.82) is 5.26 Å². The van der Waals surface area contributed by atoms with Gasteiger partial charge in [-0.1, -0.05) is 18.2 Å². The van der Waals surface area contributed by atoms with Crippen molar-refractivity contribution < 1.29 is 26.4 Å². The maximum atomic E-state index is 13.6. The van der Waals surface area contributed by atoms with Gasteiger partial charge in [0.15, 0.2) is 0 Å². The van der Waals surface area contributed by atoms with Crippen molar-refractivity contribution in [3.8, 4) is 6.07 Å². The van der Waals surface area contributed by atoms with Gasteiger partial charge in [-0.15, -0.1) is 0 Å². The van der Waals surface area contributed by atoms with E-state index >= 15 is 0 Å². The first-order valence-corrected chi connectivity index (χ1v) is 10.2. The summed E-state index contributed by atoms with van der Waals surface area (Å²) in [6.45, 7) is 0. The van der Waals surface area contributed by atoms with Crippen molar-refractivity contribution in [2.24, 2.45) is 0 Å². The molecule has 0 saturated heterocycles. The minimum atomic E-state index is -4.89. The summed E-state index contributed by atoms with van der Waals surface area (Å²) in [5, 5.41) is 11.1. The van der Waals surface area contributed by atoms with Crippen LogP contribution in [0.25, 0.3) is 0 Å². The number of nitrogens with one attached hydrogen (secondary N) is 2. The van der Waals surface area contributed by atoms with Crippen LogP contribution in [0.1, 0.15) is 21.5 Å². The summed E-state index contributed by atoms with van der Waals surface area (Å²) in [5.74, 6) is -0.611. The van der Waals surface area contributed by atoms with Crippen LogP contribution < -0.4 is 10.0 Å². The molecule has 1 amide bonds. The number of halogens is 3. The third kappa shape index (κ3) is 5.21. The highest BCUT2D eigenvalue weighted by Gasteiger charge is 2.35. The molecular weight excluding hydrogens is 431 g/mol. The first kappa shape index (κ1) is 21.9. The third-order valence-corrected chi connectivity index (χ3v) is 5.54. The van der Waals surface area contributed by atoms with Crippen LogP contribution >= 0.6 is 0 Å². The van der Waals surface area contributed by atoms with Crippen molar-refractivity contribution in [3.63, 3.8) is 0 Å². The maximum absolute atomic E-state index is 13.6. The third-order valence-electron chi connectivity index (χ3n) is 4.16. The Bertz CT molecular complexity index is 1250. The van der Waals surface area contributed by atoms with E-state index in [0.717, 1.165) is 24.3 Å². The summed E-state index contributed by atoms with van der Waals surface area (Å²) in [7, 11) is -4.35. The smallest absolute Gasteiger partial charge is 0.322 e. The molecule has 3 aromatic carbocycles. The molecule has 0 aromatic heterocycles. The minimum Gasteiger partial charge on any atom is -0.322 e. The predicted octanol–water partition coefficient (Wildman–Crippen LogP) is 4.63. The van der Waals surface area contributed by atoms with Gasteiger partial charge in [0.25, 0.3) is 15.9 Å². The van der Waals surface area contributed by atoms with Crippen molar-refractivity contribution in [1.82, 2.24) is 0 Å². The van der Waals surface area contributed by atoms with E-state index in [2.05, 4.69) is 5.32 Å². The number of nitriles is 1. The number of hydrogen-bond acceptors (Lipinski definition) is 4. The van der Waals surface area contributed by atoms with Crippen LogP contribution in [0.2, 0.25) is 0 Å². The molecule has 10 heteroatoms. The molecule has 31 heavy (non-hydrogen) atoms. The Labute approximate surface area is 176 Å². The number of alkyl halides is 3. The molecule has 6 nitrogen and oxygen atoms in total. The zero-order valence-electron chi connectivity index (χ0n) is 15.6. The van der Waals surface area contributed by atoms with Crippen LogP contribution in [0.5, 0.6) is 0 Å². The number of carbonyl (C=O) groups is 1. The highest BCUT2D eigenvalue weighted by molar-refractivity contribution is 7.92. The van der Waals surface area contributed by atoms with Gasteiger partial charge in [0.05, 0.1) is 27.8 Å². The Hall–Kier alpha value is -3.84. The fraction of sp³-hybridized carbons (Fsp3) is 0.0476. The van der Waals surface area contributed by atoms with E-state index in [9.17, 15) is 26.4 Å². The Morgan fingerprint density at radius 3 is 2.16 bits per heavy atom. The van der Waals surface area contributed by atoms with Gasteiger partial charge in [-0.2, -0.15) is 18.4 Å². The molecule has 0 spiro atoms. The number of anilines is 2. The Kier molecular flexibility index (Phi) is 5.99. The first-order valence-electron chi connectivity index (χ1n) is 8.71. The summed E-state index contributed by atoms with van der Waals surface area (Å²) in [5.41, 5.74) is -1.66. The van der Waals surface area contributed by atoms with Crippen molar-refractivity contribution in [2.75, 3.05) is 10.0 Å². The Morgan fingerprint density at radius 1 is 0.935 bits per heavy atom. The predicted molar refractivity (Wildman–Crippen MR) is 108 cm³/mol. The van der Waals surface area contributed by atoms with Gasteiger partial charge in [0.1, 0.15) is 0 Å². The van der Waals surface area contributed by atoms with Gasteiger partial charge in [0.2, 0.25) is 0 Å². The number of nitrogens with zero attached hydrogens (tertiary/aromatic N) is 1. The van der Waals surface area contributed by atoms with Crippen LogP contribution in [0.4, 0.5) is 24.5 Å². The molecule has 0 heterocycles. The molecule has 0 radical (unpaired) electrons. The molecule has 0 unspecified atom stereocenters. The van der Waals surface area contributed by atoms with E-state index in [4.69, 9.17) is 5.26 Å². The van der Waals surface area contributed by atoms with Crippen LogP contribution in [0.3, 0.4) is 0 Å². The van der Waals surface area contributed by atoms with Crippen LogP contribution in [-0.4, -0.2) is 14.3 Å². The highest BCUT2D eigenvalue weighted by atomic mass is 32.2. The highest BCUT2D eigenvalue weighted by Crippen LogP contribution is 2.37. The molecule has 0 fully saturated rings. The number of hydrogen-bond donors (Lipinski definition) is 2. The lowest BCUT2D eigenvalue weighted by atomic mass is 10.1. The average molecular weight is 445 g/mol. The van der Waals surface area contributed by atoms with Gasteiger partial charge < -0.3 is 5.32 Å². The molecule has 158 valence electrons. The zero-order valence-corrected chi connectivity index (χ0v) is 16.5. The fourth-order valence-electron chi connectivity index (χ4n) is 2.65. The average Bonchev–Trinajstić information content (AvgIpc) is 2.74. The van der Waals surface area contributed by atoms with Crippen LogP contribution in [0, 0.1) is 11.3 Å². The standard InChI is InChI=1S/C21H14F3N3O3S/c22-21(23,24)18-12-16(26-20(28)15-4-2-1-3-5-15)8-11-19(18)27-31(29,30)17-9-6-14(13-25)7-10-17/h1-12,27H,(H,26,28). The first-order chi connectivity index (χ1) is 14.6. The number of benzene rings is 3. The molecule has 0 bridgehead atoms. The zero-order chi connectivity index (χ0) is 22.6. The Balaban J connectivity index is 1.91. The van der Waals surface area contributed by atoms with Crippen LogP contribution in [-0.2, 0) is 16.2 Å². The second-order valence-corrected chi connectivity index (χ2v) is 8.00. The van der Waals surface area contributed by atoms with Gasteiger partial charge >= 0.3 is 6.18 Å². The second kappa shape index (κ2) is 8.49. The quantitative estimate of drug-likeness (QED) is 0.598. The van der Waals surface area contributed by atoms with Crippen LogP contribution in [0.15, 0.2) is 77.7 Å². The molecule has 0 atom stereocenters. The second-order valence-electron chi connectivity index (χ2n) is 6.32. The molecule has 0 saturated carbocycles. The van der Waals surface area contributed by atoms with Crippen molar-refractivity contribution in [2.45, 2.75) is 11.1 Å². The number of rotatable bonds is 5. The van der Waals surface area contributed by atoms with Gasteiger partial charge in [0, 0.05) is 11.3 Å². The summed E-state index contributed by atoms with van der Waals surface area (Å²) in [4.78, 5) is 11.9. The van der Waals surface area contributed by atoms with Crippen molar-refractivity contribution >= 4 is 27.3 Å². The van der Waals surface area contributed by atoms with Gasteiger partial charge in [-0.3, -0.25) is 9.52 Å². The lowest BCUT2D eigenvalue weighted by Gasteiger charge is -2.16. The summed E-state index contributed by atoms with van der Waals surface area (Å²) in [6.07, 6.45) is -4.89. The molecule has 3 aromatic rings. The van der Waals surface area contributed by atoms with Crippen molar-refractivity contribution in [3.05, 3.63) is 89.5 Å². The molecule has 3 rings (SSSR count). The van der Waals surface area contributed by atoms with E-state index in [-0.39, 0.29) is 21.7 Å². The molecule has 0 aliphatic rings. The lowest BCUT2D eigenvalue weighted by Crippen LogP contribution is -2.18. The largest absolute Gasteiger partial charge is 0.418 e. The Morgan fingerprint density at radius 2 is 1.58 bits per heavy atom. The summed E-state index contributed by atoms with van der Waals surface area (Å²) in [6, 6.07) is 17.2. The summed E-state index contributed by atoms with van der Waals surface area (Å²) < 4.78 is 67.7. The molecule has 0 aliphatic carbocycles. The van der Waals surface area contributed by atoms with E-state index in [1.807, 2.05) is 10.8 Å². The maximum Gasteiger partial charge on any atom is 0.418 e. The lowest BCUT2D eigenvalue weighted by molar-refractivity contribution is -0.136. The van der Waals surface area contributed by atoms with E-state index in [1.54, 1.807) is 18.2 Å². The molecule has 0 aliphatic heterocycles. The number of sulfonamides is 1. The van der Waals surface area contributed by atoms with E-state index in [0.29, 0.717) is 6.07 Å². The minimum absolute atomic E-state index is 0.150. The SMILES string of the molecule is N#Cc1ccc(S(=O)(=O)Nc2ccc(NC(=O)c3ccccc3)cc2C(F)(F)F)cc1. The molecule has 2 N–H and O–H groups in total. The van der Waals surface area contributed by atoms with E-state index in [1.165, 1.54) is 24.3 Å². The number of amides is 1. The van der Waals surface area contributed by atoms with E-state index < -0.39 is 33.4 Å². The normalized spacial score (nSPS) is 11.4. The monoisotopic (exact) mass is 445 g/mol. The topological polar surface area (TPSA) is 99.1 Å². The molecular formula is C21H14F3N3O3S. The fourth-order valence-corrected chi connectivity index (χ4v) is 3.73. The van der Waals surface area contributed by atoms with Gasteiger partial charge in [-0.25, -0.2) is 8.42 Å². The van der Waals surface area contributed by atoms with Gasteiger partial charge in [-0.05, 0) is 54.6 Å². The summed E-state index contributed by atoms with van der Waals surface area (Å²) >= 11 is 0. The number of carbonyl (C=O) groups excluding carboxylic acids is 1.